The number of likely N-dealkylation sites (tertiary alicyclic amines) is 1. The van der Waals surface area contributed by atoms with E-state index in [2.05, 4.69) is 5.32 Å². The average Bonchev–Trinajstić information content (AvgIpc) is 2.46. The number of rotatable bonds is 3. The molecular weight excluding hydrogens is 266 g/mol. The molecule has 0 aromatic heterocycles. The third kappa shape index (κ3) is 4.04. The van der Waals surface area contributed by atoms with Crippen LogP contribution in [-0.2, 0) is 4.79 Å². The number of benzene rings is 1. The van der Waals surface area contributed by atoms with Crippen molar-refractivity contribution in [2.24, 2.45) is 5.73 Å². The van der Waals surface area contributed by atoms with Crippen molar-refractivity contribution in [3.05, 3.63) is 29.8 Å². The van der Waals surface area contributed by atoms with E-state index < -0.39 is 5.54 Å². The first-order valence-electron chi connectivity index (χ1n) is 7.37. The van der Waals surface area contributed by atoms with Crippen LogP contribution in [0.2, 0.25) is 0 Å². The van der Waals surface area contributed by atoms with Crippen molar-refractivity contribution in [1.82, 2.24) is 4.90 Å². The van der Waals surface area contributed by atoms with Gasteiger partial charge in [0.25, 0.3) is 5.91 Å². The van der Waals surface area contributed by atoms with E-state index in [0.717, 1.165) is 25.9 Å². The van der Waals surface area contributed by atoms with E-state index in [9.17, 15) is 9.59 Å². The number of nitrogens with zero attached hydrogens (tertiary/aromatic N) is 1. The van der Waals surface area contributed by atoms with Crippen LogP contribution >= 0.6 is 0 Å². The Balaban J connectivity index is 2.10. The first-order valence-corrected chi connectivity index (χ1v) is 7.37. The Morgan fingerprint density at radius 1 is 1.19 bits per heavy atom. The van der Waals surface area contributed by atoms with Gasteiger partial charge in [-0.2, -0.15) is 0 Å². The molecule has 2 rings (SSSR count). The fourth-order valence-electron chi connectivity index (χ4n) is 2.30. The van der Waals surface area contributed by atoms with Crippen molar-refractivity contribution >= 4 is 17.5 Å². The molecule has 0 spiro atoms. The van der Waals surface area contributed by atoms with E-state index in [1.54, 1.807) is 38.1 Å². The normalized spacial score (nSPS) is 15.7. The van der Waals surface area contributed by atoms with Gasteiger partial charge in [-0.05, 0) is 51.3 Å². The minimum Gasteiger partial charge on any atom is -0.339 e. The summed E-state index contributed by atoms with van der Waals surface area (Å²) in [5.74, 6) is -0.247. The first-order chi connectivity index (χ1) is 9.88. The van der Waals surface area contributed by atoms with Gasteiger partial charge in [-0.25, -0.2) is 0 Å². The zero-order valence-corrected chi connectivity index (χ0v) is 12.7. The van der Waals surface area contributed by atoms with Crippen molar-refractivity contribution in [3.63, 3.8) is 0 Å². The minimum atomic E-state index is -0.952. The molecule has 5 nitrogen and oxygen atoms in total. The van der Waals surface area contributed by atoms with Gasteiger partial charge in [0.2, 0.25) is 5.91 Å². The second-order valence-corrected chi connectivity index (χ2v) is 6.11. The van der Waals surface area contributed by atoms with Gasteiger partial charge in [0.05, 0.1) is 5.54 Å². The number of carbonyl (C=O) groups is 2. The largest absolute Gasteiger partial charge is 0.339 e. The summed E-state index contributed by atoms with van der Waals surface area (Å²) < 4.78 is 0. The maximum absolute atomic E-state index is 12.4. The summed E-state index contributed by atoms with van der Waals surface area (Å²) in [4.78, 5) is 26.2. The van der Waals surface area contributed by atoms with Crippen LogP contribution in [0.1, 0.15) is 43.5 Å². The Bertz CT molecular complexity index is 529. The molecule has 0 aliphatic carbocycles. The van der Waals surface area contributed by atoms with Gasteiger partial charge in [-0.3, -0.25) is 9.59 Å². The third-order valence-electron chi connectivity index (χ3n) is 3.60. The standard InChI is InChI=1S/C16H23N3O2/c1-16(2,17)15(21)18-13-8-6-7-12(11-13)14(20)19-9-4-3-5-10-19/h6-8,11H,3-5,9-10,17H2,1-2H3,(H,18,21). The van der Waals surface area contributed by atoms with Crippen molar-refractivity contribution in [2.75, 3.05) is 18.4 Å². The molecule has 2 amide bonds. The fraction of sp³-hybridized carbons (Fsp3) is 0.500. The topological polar surface area (TPSA) is 75.4 Å². The van der Waals surface area contributed by atoms with E-state index in [1.807, 2.05) is 4.90 Å². The zero-order chi connectivity index (χ0) is 15.5. The molecule has 0 unspecified atom stereocenters. The van der Waals surface area contributed by atoms with Gasteiger partial charge in [0.1, 0.15) is 0 Å². The van der Waals surface area contributed by atoms with Crippen molar-refractivity contribution in [1.29, 1.82) is 0 Å². The van der Waals surface area contributed by atoms with Crippen molar-refractivity contribution in [2.45, 2.75) is 38.6 Å². The molecule has 1 saturated heterocycles. The van der Waals surface area contributed by atoms with Crippen molar-refractivity contribution in [3.8, 4) is 0 Å². The third-order valence-corrected chi connectivity index (χ3v) is 3.60. The lowest BCUT2D eigenvalue weighted by atomic mass is 10.1. The molecule has 0 radical (unpaired) electrons. The highest BCUT2D eigenvalue weighted by Gasteiger charge is 2.22. The van der Waals surface area contributed by atoms with Crippen LogP contribution in [0, 0.1) is 0 Å². The van der Waals surface area contributed by atoms with Crippen LogP contribution in [0.25, 0.3) is 0 Å². The predicted octanol–water partition coefficient (Wildman–Crippen LogP) is 1.99. The summed E-state index contributed by atoms with van der Waals surface area (Å²) >= 11 is 0. The van der Waals surface area contributed by atoms with E-state index in [4.69, 9.17) is 5.73 Å². The molecule has 0 bridgehead atoms. The predicted molar refractivity (Wildman–Crippen MR) is 83.1 cm³/mol. The van der Waals surface area contributed by atoms with Gasteiger partial charge in [-0.15, -0.1) is 0 Å². The quantitative estimate of drug-likeness (QED) is 0.893. The zero-order valence-electron chi connectivity index (χ0n) is 12.7. The number of nitrogens with two attached hydrogens (primary N) is 1. The molecule has 1 heterocycles. The molecule has 0 atom stereocenters. The van der Waals surface area contributed by atoms with Crippen LogP contribution in [0.3, 0.4) is 0 Å². The highest BCUT2D eigenvalue weighted by atomic mass is 16.2. The SMILES string of the molecule is CC(C)(N)C(=O)Nc1cccc(C(=O)N2CCCCC2)c1. The number of nitrogens with one attached hydrogen (secondary N) is 1. The maximum Gasteiger partial charge on any atom is 0.253 e. The summed E-state index contributed by atoms with van der Waals surface area (Å²) in [5.41, 5.74) is 6.00. The number of amides is 2. The van der Waals surface area contributed by atoms with E-state index in [1.165, 1.54) is 6.42 Å². The molecular formula is C16H23N3O2. The monoisotopic (exact) mass is 289 g/mol. The van der Waals surface area contributed by atoms with Gasteiger partial charge in [0, 0.05) is 24.3 Å². The van der Waals surface area contributed by atoms with Crippen LogP contribution in [0.15, 0.2) is 24.3 Å². The first kappa shape index (κ1) is 15.5. The Labute approximate surface area is 125 Å². The number of anilines is 1. The maximum atomic E-state index is 12.4. The molecule has 1 aromatic rings. The number of hydrogen-bond donors (Lipinski definition) is 2. The van der Waals surface area contributed by atoms with E-state index >= 15 is 0 Å². The van der Waals surface area contributed by atoms with Crippen molar-refractivity contribution < 1.29 is 9.59 Å². The Morgan fingerprint density at radius 2 is 1.86 bits per heavy atom. The summed E-state index contributed by atoms with van der Waals surface area (Å²) in [7, 11) is 0. The molecule has 1 fully saturated rings. The Hall–Kier alpha value is -1.88. The van der Waals surface area contributed by atoms with Gasteiger partial charge >= 0.3 is 0 Å². The number of hydrogen-bond acceptors (Lipinski definition) is 3. The molecule has 1 aliphatic heterocycles. The lowest BCUT2D eigenvalue weighted by Crippen LogP contribution is -2.45. The molecule has 1 aliphatic rings. The number of carbonyl (C=O) groups excluding carboxylic acids is 2. The Morgan fingerprint density at radius 3 is 2.48 bits per heavy atom. The van der Waals surface area contributed by atoms with E-state index in [0.29, 0.717) is 11.3 Å². The highest BCUT2D eigenvalue weighted by Crippen LogP contribution is 2.17. The molecule has 5 heteroatoms. The Kier molecular flexibility index (Phi) is 4.63. The molecule has 3 N–H and O–H groups in total. The molecule has 21 heavy (non-hydrogen) atoms. The van der Waals surface area contributed by atoms with Gasteiger partial charge < -0.3 is 16.0 Å². The molecule has 1 aromatic carbocycles. The summed E-state index contributed by atoms with van der Waals surface area (Å²) in [6.45, 7) is 4.91. The average molecular weight is 289 g/mol. The molecule has 114 valence electrons. The van der Waals surface area contributed by atoms with Gasteiger partial charge in [0.15, 0.2) is 0 Å². The summed E-state index contributed by atoms with van der Waals surface area (Å²) in [6, 6.07) is 7.02. The van der Waals surface area contributed by atoms with Crippen LogP contribution in [-0.4, -0.2) is 35.3 Å². The molecule has 0 saturated carbocycles. The minimum absolute atomic E-state index is 0.0257. The van der Waals surface area contributed by atoms with Crippen LogP contribution in [0.4, 0.5) is 5.69 Å². The fourth-order valence-corrected chi connectivity index (χ4v) is 2.30. The number of piperidine rings is 1. The second kappa shape index (κ2) is 6.26. The lowest BCUT2D eigenvalue weighted by Gasteiger charge is -2.27. The van der Waals surface area contributed by atoms with E-state index in [-0.39, 0.29) is 11.8 Å². The van der Waals surface area contributed by atoms with Crippen LogP contribution in [0.5, 0.6) is 0 Å². The van der Waals surface area contributed by atoms with Gasteiger partial charge in [-0.1, -0.05) is 6.07 Å². The second-order valence-electron chi connectivity index (χ2n) is 6.11. The summed E-state index contributed by atoms with van der Waals surface area (Å²) in [6.07, 6.45) is 3.30. The highest BCUT2D eigenvalue weighted by molar-refractivity contribution is 5.99. The smallest absolute Gasteiger partial charge is 0.253 e. The summed E-state index contributed by atoms with van der Waals surface area (Å²) in [5, 5.41) is 2.75. The van der Waals surface area contributed by atoms with Crippen LogP contribution < -0.4 is 11.1 Å². The lowest BCUT2D eigenvalue weighted by molar-refractivity contribution is -0.120.